The topological polar surface area (TPSA) is 56.1 Å². The van der Waals surface area contributed by atoms with Crippen molar-refractivity contribution in [3.05, 3.63) is 46.8 Å². The third kappa shape index (κ3) is 3.13. The number of carbonyl (C=O) groups is 1. The highest BCUT2D eigenvalue weighted by atomic mass is 32.2. The van der Waals surface area contributed by atoms with Crippen molar-refractivity contribution in [2.75, 3.05) is 18.3 Å². The predicted molar refractivity (Wildman–Crippen MR) is 83.1 cm³/mol. The number of nitrogens with one attached hydrogen (secondary N) is 1. The quantitative estimate of drug-likeness (QED) is 0.696. The van der Waals surface area contributed by atoms with Gasteiger partial charge in [-0.15, -0.1) is 23.1 Å². The summed E-state index contributed by atoms with van der Waals surface area (Å²) in [5.74, 6) is -0.210. The van der Waals surface area contributed by atoms with Gasteiger partial charge >= 0.3 is 0 Å². The molecule has 0 fully saturated rings. The fourth-order valence-corrected chi connectivity index (χ4v) is 3.30. The van der Waals surface area contributed by atoms with Gasteiger partial charge in [-0.05, 0) is 24.5 Å². The third-order valence-corrected chi connectivity index (χ3v) is 4.91. The lowest BCUT2D eigenvalue weighted by molar-refractivity contribution is 0.0955. The summed E-state index contributed by atoms with van der Waals surface area (Å²) >= 11 is 2.81. The van der Waals surface area contributed by atoms with E-state index >= 15 is 0 Å². The molecule has 4 nitrogen and oxygen atoms in total. The van der Waals surface area contributed by atoms with Crippen molar-refractivity contribution < 1.29 is 4.79 Å². The second kappa shape index (κ2) is 6.46. The van der Waals surface area contributed by atoms with Gasteiger partial charge in [0.05, 0.1) is 20.3 Å². The monoisotopic (exact) mass is 303 g/mol. The molecule has 1 aromatic carbocycles. The average Bonchev–Trinajstić information content (AvgIpc) is 2.91. The number of thiophene rings is 1. The number of hydrogen-bond donors (Lipinski definition) is 1. The number of hydrogen-bond acceptors (Lipinski definition) is 5. The molecule has 6 heteroatoms. The first-order valence-electron chi connectivity index (χ1n) is 5.83. The molecule has 1 heterocycles. The van der Waals surface area contributed by atoms with E-state index in [0.717, 1.165) is 9.90 Å². The van der Waals surface area contributed by atoms with E-state index in [0.29, 0.717) is 10.4 Å². The van der Waals surface area contributed by atoms with Crippen molar-refractivity contribution in [3.63, 3.8) is 0 Å². The Balaban J connectivity index is 2.13. The van der Waals surface area contributed by atoms with Crippen molar-refractivity contribution in [2.24, 2.45) is 0 Å². The van der Waals surface area contributed by atoms with E-state index in [1.165, 1.54) is 23.1 Å². The molecule has 0 aliphatic carbocycles. The van der Waals surface area contributed by atoms with Crippen LogP contribution in [0.25, 0.3) is 0 Å². The molecule has 20 heavy (non-hydrogen) atoms. The van der Waals surface area contributed by atoms with Crippen LogP contribution in [0.3, 0.4) is 0 Å². The van der Waals surface area contributed by atoms with Gasteiger partial charge < -0.3 is 0 Å². The predicted octanol–water partition coefficient (Wildman–Crippen LogP) is 3.12. The first-order chi connectivity index (χ1) is 9.65. The first kappa shape index (κ1) is 14.4. The van der Waals surface area contributed by atoms with Gasteiger partial charge in [0.2, 0.25) is 0 Å². The molecule has 1 amide bonds. The molecule has 0 spiro atoms. The molecule has 1 aromatic heterocycles. The number of para-hydroxylation sites is 1. The Kier molecular flexibility index (Phi) is 4.66. The maximum atomic E-state index is 12.2. The largest absolute Gasteiger partial charge is 0.288 e. The Morgan fingerprint density at radius 1 is 1.40 bits per heavy atom. The second-order valence-electron chi connectivity index (χ2n) is 3.96. The lowest BCUT2D eigenvalue weighted by atomic mass is 10.3. The molecule has 2 rings (SSSR count). The van der Waals surface area contributed by atoms with Gasteiger partial charge in [0.25, 0.3) is 5.91 Å². The molecule has 0 saturated heterocycles. The summed E-state index contributed by atoms with van der Waals surface area (Å²) in [5.41, 5.74) is 4.23. The van der Waals surface area contributed by atoms with Gasteiger partial charge in [-0.25, -0.2) is 0 Å². The van der Waals surface area contributed by atoms with Crippen LogP contribution >= 0.6 is 23.1 Å². The van der Waals surface area contributed by atoms with Crippen LogP contribution in [0.5, 0.6) is 0 Å². The summed E-state index contributed by atoms with van der Waals surface area (Å²) in [6, 6.07) is 13.3. The lowest BCUT2D eigenvalue weighted by Crippen LogP contribution is -2.38. The minimum atomic E-state index is -0.210. The minimum Gasteiger partial charge on any atom is -0.288 e. The number of thioether (sulfide) groups is 1. The summed E-state index contributed by atoms with van der Waals surface area (Å²) in [7, 11) is 1.78. The second-order valence-corrected chi connectivity index (χ2v) is 6.09. The molecule has 2 aromatic rings. The summed E-state index contributed by atoms with van der Waals surface area (Å²) in [5, 5.41) is 10.7. The zero-order chi connectivity index (χ0) is 14.5. The fraction of sp³-hybridized carbons (Fsp3) is 0.143. The van der Waals surface area contributed by atoms with E-state index in [1.54, 1.807) is 18.1 Å². The fourth-order valence-electron chi connectivity index (χ4n) is 1.64. The van der Waals surface area contributed by atoms with E-state index < -0.39 is 0 Å². The molecule has 0 saturated carbocycles. The molecule has 0 aliphatic rings. The standard InChI is InChI=1S/C14H13N3OS2/c1-17(11-6-4-3-5-7-11)16-13(18)12-8-10(9-15)14(19-2)20-12/h3-8H,1-2H3,(H,16,18). The van der Waals surface area contributed by atoms with Crippen LogP contribution in [-0.4, -0.2) is 19.2 Å². The van der Waals surface area contributed by atoms with E-state index in [1.807, 2.05) is 36.6 Å². The Hall–Kier alpha value is -1.97. The number of amides is 1. The summed E-state index contributed by atoms with van der Waals surface area (Å²) in [6.07, 6.45) is 1.89. The molecule has 0 unspecified atom stereocenters. The first-order valence-corrected chi connectivity index (χ1v) is 7.87. The van der Waals surface area contributed by atoms with Crippen LogP contribution in [-0.2, 0) is 0 Å². The van der Waals surface area contributed by atoms with Crippen molar-refractivity contribution >= 4 is 34.7 Å². The molecule has 1 N–H and O–H groups in total. The maximum Gasteiger partial charge on any atom is 0.279 e. The third-order valence-electron chi connectivity index (χ3n) is 2.64. The van der Waals surface area contributed by atoms with Gasteiger partial charge in [-0.3, -0.25) is 15.2 Å². The summed E-state index contributed by atoms with van der Waals surface area (Å²) < 4.78 is 0.861. The van der Waals surface area contributed by atoms with Crippen LogP contribution in [0, 0.1) is 11.3 Å². The SMILES string of the molecule is CSc1sc(C(=O)NN(C)c2ccccc2)cc1C#N. The van der Waals surface area contributed by atoms with Crippen molar-refractivity contribution in [1.29, 1.82) is 5.26 Å². The highest BCUT2D eigenvalue weighted by Gasteiger charge is 2.15. The van der Waals surface area contributed by atoms with Crippen molar-refractivity contribution in [3.8, 4) is 6.07 Å². The van der Waals surface area contributed by atoms with Gasteiger partial charge in [0.15, 0.2) is 0 Å². The number of rotatable bonds is 4. The number of carbonyl (C=O) groups excluding carboxylic acids is 1. The van der Waals surface area contributed by atoms with Crippen LogP contribution < -0.4 is 10.4 Å². The molecule has 0 radical (unpaired) electrons. The number of nitriles is 1. The van der Waals surface area contributed by atoms with Crippen LogP contribution in [0.1, 0.15) is 15.2 Å². The van der Waals surface area contributed by atoms with E-state index in [2.05, 4.69) is 11.5 Å². The molecular weight excluding hydrogens is 290 g/mol. The molecule has 0 bridgehead atoms. The number of benzene rings is 1. The maximum absolute atomic E-state index is 12.2. The zero-order valence-corrected chi connectivity index (χ0v) is 12.7. The van der Waals surface area contributed by atoms with Gasteiger partial charge in [0, 0.05) is 7.05 Å². The van der Waals surface area contributed by atoms with E-state index in [4.69, 9.17) is 5.26 Å². The van der Waals surface area contributed by atoms with Gasteiger partial charge in [-0.2, -0.15) is 5.26 Å². The zero-order valence-electron chi connectivity index (χ0n) is 11.1. The smallest absolute Gasteiger partial charge is 0.279 e. The van der Waals surface area contributed by atoms with Crippen LogP contribution in [0.15, 0.2) is 40.6 Å². The van der Waals surface area contributed by atoms with Crippen LogP contribution in [0.4, 0.5) is 5.69 Å². The molecular formula is C14H13N3OS2. The Morgan fingerprint density at radius 2 is 2.10 bits per heavy atom. The van der Waals surface area contributed by atoms with Gasteiger partial charge in [0.1, 0.15) is 6.07 Å². The van der Waals surface area contributed by atoms with Crippen molar-refractivity contribution in [2.45, 2.75) is 4.21 Å². The lowest BCUT2D eigenvalue weighted by Gasteiger charge is -2.19. The summed E-state index contributed by atoms with van der Waals surface area (Å²) in [4.78, 5) is 12.7. The number of nitrogens with zero attached hydrogens (tertiary/aromatic N) is 2. The van der Waals surface area contributed by atoms with Crippen LogP contribution in [0.2, 0.25) is 0 Å². The summed E-state index contributed by atoms with van der Waals surface area (Å²) in [6.45, 7) is 0. The Morgan fingerprint density at radius 3 is 2.65 bits per heavy atom. The molecule has 0 aliphatic heterocycles. The molecule has 102 valence electrons. The Labute approximate surface area is 126 Å². The average molecular weight is 303 g/mol. The number of anilines is 1. The van der Waals surface area contributed by atoms with Crippen molar-refractivity contribution in [1.82, 2.24) is 5.43 Å². The highest BCUT2D eigenvalue weighted by Crippen LogP contribution is 2.30. The van der Waals surface area contributed by atoms with Gasteiger partial charge in [-0.1, -0.05) is 18.2 Å². The highest BCUT2D eigenvalue weighted by molar-refractivity contribution is 8.00. The number of hydrazine groups is 1. The van der Waals surface area contributed by atoms with E-state index in [-0.39, 0.29) is 5.91 Å². The van der Waals surface area contributed by atoms with E-state index in [9.17, 15) is 4.79 Å². The normalized spacial score (nSPS) is 9.85. The molecule has 0 atom stereocenters. The minimum absolute atomic E-state index is 0.210. The Bertz CT molecular complexity index is 646.